The van der Waals surface area contributed by atoms with Crippen LogP contribution in [-0.2, 0) is 28.4 Å². The van der Waals surface area contributed by atoms with Crippen LogP contribution in [0.25, 0.3) is 0 Å². The number of carbonyl (C=O) groups is 2. The van der Waals surface area contributed by atoms with Crippen LogP contribution in [0.2, 0.25) is 0 Å². The number of amides is 2. The molecule has 38 heavy (non-hydrogen) atoms. The number of anilines is 1. The molecule has 0 saturated carbocycles. The molecule has 0 bridgehead atoms. The molecule has 1 atom stereocenters. The SMILES string of the molecule is Cn1nccc1CNS(=O)(=O)c1ccc(NC(=O)[C@H](CC2CCNCC2)NC(=O)c2ccc(F)cc2)cc1. The lowest BCUT2D eigenvalue weighted by atomic mass is 9.90. The van der Waals surface area contributed by atoms with Crippen molar-refractivity contribution < 1.29 is 22.4 Å². The number of carbonyl (C=O) groups excluding carboxylic acids is 2. The van der Waals surface area contributed by atoms with E-state index in [0.29, 0.717) is 17.8 Å². The van der Waals surface area contributed by atoms with Gasteiger partial charge in [-0.25, -0.2) is 17.5 Å². The van der Waals surface area contributed by atoms with Crippen LogP contribution in [0.1, 0.15) is 35.3 Å². The molecule has 4 N–H and O–H groups in total. The maximum absolute atomic E-state index is 13.3. The summed E-state index contributed by atoms with van der Waals surface area (Å²) < 4.78 is 42.7. The molecule has 0 unspecified atom stereocenters. The van der Waals surface area contributed by atoms with Crippen molar-refractivity contribution in [2.75, 3.05) is 18.4 Å². The Morgan fingerprint density at radius 3 is 2.39 bits per heavy atom. The van der Waals surface area contributed by atoms with E-state index in [9.17, 15) is 22.4 Å². The lowest BCUT2D eigenvalue weighted by molar-refractivity contribution is -0.118. The van der Waals surface area contributed by atoms with E-state index in [1.807, 2.05) is 0 Å². The standard InChI is InChI=1S/C26H31FN6O4S/c1-33-22(12-15-29-33)17-30-38(36,37)23-8-6-21(7-9-23)31-26(35)24(16-18-10-13-28-14-11-18)32-25(34)19-2-4-20(27)5-3-19/h2-9,12,15,18,24,28,30H,10-11,13-14,16-17H2,1H3,(H,31,35)(H,32,34)/t24-/m0/s1. The number of aromatic nitrogens is 2. The van der Waals surface area contributed by atoms with Gasteiger partial charge in [0.15, 0.2) is 0 Å². The van der Waals surface area contributed by atoms with Crippen LogP contribution < -0.4 is 20.7 Å². The van der Waals surface area contributed by atoms with Crippen LogP contribution in [0.4, 0.5) is 10.1 Å². The minimum atomic E-state index is -3.78. The van der Waals surface area contributed by atoms with E-state index in [1.165, 1.54) is 48.5 Å². The molecule has 4 rings (SSSR count). The fourth-order valence-corrected chi connectivity index (χ4v) is 5.30. The molecule has 1 fully saturated rings. The van der Waals surface area contributed by atoms with Gasteiger partial charge in [0, 0.05) is 24.5 Å². The number of hydrogen-bond donors (Lipinski definition) is 4. The number of aryl methyl sites for hydroxylation is 1. The largest absolute Gasteiger partial charge is 0.340 e. The van der Waals surface area contributed by atoms with Gasteiger partial charge in [-0.15, -0.1) is 0 Å². The van der Waals surface area contributed by atoms with Crippen molar-refractivity contribution in [3.63, 3.8) is 0 Å². The van der Waals surface area contributed by atoms with Gasteiger partial charge in [0.05, 0.1) is 17.1 Å². The van der Waals surface area contributed by atoms with Crippen molar-refractivity contribution in [2.45, 2.75) is 36.7 Å². The minimum absolute atomic E-state index is 0.0496. The summed E-state index contributed by atoms with van der Waals surface area (Å²) in [5, 5.41) is 12.9. The highest BCUT2D eigenvalue weighted by atomic mass is 32.2. The molecule has 1 saturated heterocycles. The van der Waals surface area contributed by atoms with E-state index in [-0.39, 0.29) is 22.9 Å². The molecule has 2 aromatic carbocycles. The third kappa shape index (κ3) is 7.24. The summed E-state index contributed by atoms with van der Waals surface area (Å²) in [6.07, 6.45) is 3.80. The summed E-state index contributed by atoms with van der Waals surface area (Å²) in [5.41, 5.74) is 1.36. The Hall–Kier alpha value is -3.61. The van der Waals surface area contributed by atoms with Crippen LogP contribution in [0.5, 0.6) is 0 Å². The van der Waals surface area contributed by atoms with Gasteiger partial charge in [-0.2, -0.15) is 5.10 Å². The maximum Gasteiger partial charge on any atom is 0.251 e. The van der Waals surface area contributed by atoms with Crippen molar-refractivity contribution >= 4 is 27.5 Å². The molecule has 0 aliphatic carbocycles. The molecular weight excluding hydrogens is 511 g/mol. The minimum Gasteiger partial charge on any atom is -0.340 e. The molecule has 0 spiro atoms. The number of sulfonamides is 1. The van der Waals surface area contributed by atoms with E-state index in [2.05, 4.69) is 25.8 Å². The fourth-order valence-electron chi connectivity index (χ4n) is 4.30. The number of nitrogens with zero attached hydrogens (tertiary/aromatic N) is 2. The Morgan fingerprint density at radius 2 is 1.76 bits per heavy atom. The van der Waals surface area contributed by atoms with Crippen LogP contribution in [-0.4, -0.2) is 49.1 Å². The van der Waals surface area contributed by atoms with E-state index in [1.54, 1.807) is 24.0 Å². The van der Waals surface area contributed by atoms with Gasteiger partial charge in [-0.3, -0.25) is 14.3 Å². The van der Waals surface area contributed by atoms with Crippen molar-refractivity contribution in [3.05, 3.63) is 77.9 Å². The van der Waals surface area contributed by atoms with Crippen LogP contribution in [0, 0.1) is 11.7 Å². The highest BCUT2D eigenvalue weighted by molar-refractivity contribution is 7.89. The van der Waals surface area contributed by atoms with Gasteiger partial charge in [-0.05, 0) is 92.9 Å². The van der Waals surface area contributed by atoms with E-state index in [4.69, 9.17) is 0 Å². The van der Waals surface area contributed by atoms with Crippen molar-refractivity contribution in [3.8, 4) is 0 Å². The number of hydrogen-bond acceptors (Lipinski definition) is 6. The van der Waals surface area contributed by atoms with Crippen LogP contribution >= 0.6 is 0 Å². The highest BCUT2D eigenvalue weighted by Gasteiger charge is 2.26. The van der Waals surface area contributed by atoms with Gasteiger partial charge in [0.2, 0.25) is 15.9 Å². The zero-order valence-electron chi connectivity index (χ0n) is 21.0. The normalized spacial score (nSPS) is 15.1. The molecule has 0 radical (unpaired) electrons. The quantitative estimate of drug-likeness (QED) is 0.310. The molecule has 3 aromatic rings. The molecule has 12 heteroatoms. The third-order valence-electron chi connectivity index (χ3n) is 6.55. The molecule has 10 nitrogen and oxygen atoms in total. The first kappa shape index (κ1) is 27.4. The Kier molecular flexibility index (Phi) is 8.87. The van der Waals surface area contributed by atoms with Gasteiger partial charge in [0.25, 0.3) is 5.91 Å². The van der Waals surface area contributed by atoms with Gasteiger partial charge >= 0.3 is 0 Å². The maximum atomic E-state index is 13.3. The molecule has 1 aliphatic heterocycles. The first-order valence-corrected chi connectivity index (χ1v) is 13.8. The molecular formula is C26H31FN6O4S. The number of benzene rings is 2. The lowest BCUT2D eigenvalue weighted by Gasteiger charge is -2.27. The number of nitrogens with one attached hydrogen (secondary N) is 4. The Bertz CT molecular complexity index is 1350. The molecule has 2 heterocycles. The Morgan fingerprint density at radius 1 is 1.08 bits per heavy atom. The summed E-state index contributed by atoms with van der Waals surface area (Å²) in [7, 11) is -2.05. The molecule has 202 valence electrons. The summed E-state index contributed by atoms with van der Waals surface area (Å²) >= 11 is 0. The first-order valence-electron chi connectivity index (χ1n) is 12.4. The Balaban J connectivity index is 1.42. The molecule has 2 amide bonds. The van der Waals surface area contributed by atoms with Gasteiger partial charge in [0.1, 0.15) is 11.9 Å². The fraction of sp³-hybridized carbons (Fsp3) is 0.346. The van der Waals surface area contributed by atoms with Crippen molar-refractivity contribution in [1.82, 2.24) is 25.1 Å². The second kappa shape index (κ2) is 12.3. The highest BCUT2D eigenvalue weighted by Crippen LogP contribution is 2.20. The van der Waals surface area contributed by atoms with E-state index >= 15 is 0 Å². The topological polar surface area (TPSA) is 134 Å². The zero-order valence-corrected chi connectivity index (χ0v) is 21.8. The predicted octanol–water partition coefficient (Wildman–Crippen LogP) is 2.16. The molecule has 1 aliphatic rings. The third-order valence-corrected chi connectivity index (χ3v) is 7.97. The van der Waals surface area contributed by atoms with Crippen LogP contribution in [0.3, 0.4) is 0 Å². The van der Waals surface area contributed by atoms with E-state index < -0.39 is 33.7 Å². The van der Waals surface area contributed by atoms with Gasteiger partial charge in [-0.1, -0.05) is 0 Å². The lowest BCUT2D eigenvalue weighted by Crippen LogP contribution is -2.46. The predicted molar refractivity (Wildman–Crippen MR) is 140 cm³/mol. The number of rotatable bonds is 10. The zero-order chi connectivity index (χ0) is 27.1. The second-order valence-corrected chi connectivity index (χ2v) is 11.0. The second-order valence-electron chi connectivity index (χ2n) is 9.25. The van der Waals surface area contributed by atoms with E-state index in [0.717, 1.165) is 25.9 Å². The number of piperidine rings is 1. The Labute approximate surface area is 221 Å². The average Bonchev–Trinajstić information content (AvgIpc) is 3.33. The van der Waals surface area contributed by atoms with Crippen LogP contribution in [0.15, 0.2) is 65.7 Å². The average molecular weight is 543 g/mol. The summed E-state index contributed by atoms with van der Waals surface area (Å²) in [6.45, 7) is 1.77. The van der Waals surface area contributed by atoms with Crippen molar-refractivity contribution in [2.24, 2.45) is 13.0 Å². The smallest absolute Gasteiger partial charge is 0.251 e. The van der Waals surface area contributed by atoms with Gasteiger partial charge < -0.3 is 16.0 Å². The van der Waals surface area contributed by atoms with Crippen molar-refractivity contribution in [1.29, 1.82) is 0 Å². The summed E-state index contributed by atoms with van der Waals surface area (Å²) in [6, 6.07) is 11.8. The summed E-state index contributed by atoms with van der Waals surface area (Å²) in [4.78, 5) is 26.0. The number of halogens is 1. The monoisotopic (exact) mass is 542 g/mol. The first-order chi connectivity index (χ1) is 18.2. The molecule has 1 aromatic heterocycles. The summed E-state index contributed by atoms with van der Waals surface area (Å²) in [5.74, 6) is -1.09.